The highest BCUT2D eigenvalue weighted by Crippen LogP contribution is 1.99. The summed E-state index contributed by atoms with van der Waals surface area (Å²) in [4.78, 5) is 32.8. The number of aliphatic carboxylic acids is 1. The Bertz CT molecular complexity index is 303. The van der Waals surface area contributed by atoms with Crippen LogP contribution in [0.4, 0.5) is 4.79 Å². The maximum atomic E-state index is 11.2. The number of hydrogen-bond acceptors (Lipinski definition) is 4. The van der Waals surface area contributed by atoms with Crippen LogP contribution in [0.2, 0.25) is 0 Å². The highest BCUT2D eigenvalue weighted by atomic mass is 16.5. The van der Waals surface area contributed by atoms with Gasteiger partial charge in [0, 0.05) is 13.0 Å². The molecule has 0 aromatic rings. The minimum atomic E-state index is -1.21. The molecule has 0 heterocycles. The van der Waals surface area contributed by atoms with Gasteiger partial charge in [-0.05, 0) is 6.42 Å². The standard InChI is InChI=1S/C10H16N2O5/c1-3-6-11-10(16)12-7(9(14)15)4-5-8(13)17-2/h3,7H,1,4-6H2,2H3,(H,14,15)(H2,11,12,16)/t7-/m0/s1. The molecule has 0 bridgehead atoms. The number of urea groups is 1. The molecule has 96 valence electrons. The predicted molar refractivity (Wildman–Crippen MR) is 59.4 cm³/mol. The number of esters is 1. The second-order valence-corrected chi connectivity index (χ2v) is 3.15. The van der Waals surface area contributed by atoms with Gasteiger partial charge < -0.3 is 20.5 Å². The Balaban J connectivity index is 4.15. The summed E-state index contributed by atoms with van der Waals surface area (Å²) in [7, 11) is 1.21. The van der Waals surface area contributed by atoms with E-state index in [0.717, 1.165) is 0 Å². The Labute approximate surface area is 98.8 Å². The van der Waals surface area contributed by atoms with E-state index < -0.39 is 24.0 Å². The summed E-state index contributed by atoms with van der Waals surface area (Å²) in [5.41, 5.74) is 0. The van der Waals surface area contributed by atoms with E-state index in [1.165, 1.54) is 13.2 Å². The van der Waals surface area contributed by atoms with Gasteiger partial charge in [0.05, 0.1) is 7.11 Å². The number of methoxy groups -OCH3 is 1. The minimum Gasteiger partial charge on any atom is -0.480 e. The molecule has 0 aliphatic carbocycles. The molecule has 0 unspecified atom stereocenters. The molecule has 0 spiro atoms. The van der Waals surface area contributed by atoms with Gasteiger partial charge in [0.25, 0.3) is 0 Å². The van der Waals surface area contributed by atoms with Crippen LogP contribution in [0.5, 0.6) is 0 Å². The first-order valence-corrected chi connectivity index (χ1v) is 4.96. The summed E-state index contributed by atoms with van der Waals surface area (Å²) in [5.74, 6) is -1.73. The molecule has 7 heteroatoms. The van der Waals surface area contributed by atoms with E-state index in [1.807, 2.05) is 0 Å². The summed E-state index contributed by atoms with van der Waals surface area (Å²) in [6.45, 7) is 3.63. The fourth-order valence-electron chi connectivity index (χ4n) is 0.996. The van der Waals surface area contributed by atoms with Crippen molar-refractivity contribution in [3.63, 3.8) is 0 Å². The van der Waals surface area contributed by atoms with E-state index in [9.17, 15) is 14.4 Å². The molecule has 7 nitrogen and oxygen atoms in total. The first-order chi connectivity index (χ1) is 8.01. The Hall–Kier alpha value is -2.05. The highest BCUT2D eigenvalue weighted by molar-refractivity contribution is 5.83. The van der Waals surface area contributed by atoms with Crippen molar-refractivity contribution in [3.05, 3.63) is 12.7 Å². The van der Waals surface area contributed by atoms with Crippen LogP contribution in [0.15, 0.2) is 12.7 Å². The highest BCUT2D eigenvalue weighted by Gasteiger charge is 2.20. The summed E-state index contributed by atoms with van der Waals surface area (Å²) < 4.78 is 4.38. The molecule has 1 atom stereocenters. The molecule has 0 aliphatic heterocycles. The number of carboxylic acid groups (broad SMARTS) is 1. The second kappa shape index (κ2) is 8.14. The molecule has 0 saturated carbocycles. The van der Waals surface area contributed by atoms with Gasteiger partial charge in [-0.3, -0.25) is 4.79 Å². The van der Waals surface area contributed by atoms with Gasteiger partial charge >= 0.3 is 18.0 Å². The number of amides is 2. The Morgan fingerprint density at radius 2 is 2.12 bits per heavy atom. The Morgan fingerprint density at radius 3 is 2.59 bits per heavy atom. The lowest BCUT2D eigenvalue weighted by Crippen LogP contribution is -2.46. The van der Waals surface area contributed by atoms with Gasteiger partial charge in [0.15, 0.2) is 0 Å². The molecule has 2 amide bonds. The number of ether oxygens (including phenoxy) is 1. The van der Waals surface area contributed by atoms with Crippen molar-refractivity contribution in [2.24, 2.45) is 0 Å². The lowest BCUT2D eigenvalue weighted by atomic mass is 10.1. The maximum Gasteiger partial charge on any atom is 0.326 e. The zero-order chi connectivity index (χ0) is 13.3. The third-order valence-electron chi connectivity index (χ3n) is 1.88. The van der Waals surface area contributed by atoms with E-state index in [2.05, 4.69) is 21.9 Å². The quantitative estimate of drug-likeness (QED) is 0.427. The van der Waals surface area contributed by atoms with Crippen LogP contribution in [0.1, 0.15) is 12.8 Å². The van der Waals surface area contributed by atoms with Crippen molar-refractivity contribution in [1.82, 2.24) is 10.6 Å². The molecule has 0 fully saturated rings. The van der Waals surface area contributed by atoms with Crippen molar-refractivity contribution >= 4 is 18.0 Å². The molecule has 3 N–H and O–H groups in total. The van der Waals surface area contributed by atoms with Gasteiger partial charge in [-0.15, -0.1) is 6.58 Å². The van der Waals surface area contributed by atoms with Gasteiger partial charge in [-0.1, -0.05) is 6.08 Å². The van der Waals surface area contributed by atoms with Crippen LogP contribution < -0.4 is 10.6 Å². The third kappa shape index (κ3) is 6.93. The summed E-state index contributed by atoms with van der Waals surface area (Å²) in [6, 6.07) is -1.75. The van der Waals surface area contributed by atoms with Crippen LogP contribution in [0, 0.1) is 0 Å². The van der Waals surface area contributed by atoms with Crippen molar-refractivity contribution in [2.45, 2.75) is 18.9 Å². The third-order valence-corrected chi connectivity index (χ3v) is 1.88. The molecule has 0 aromatic carbocycles. The summed E-state index contributed by atoms with van der Waals surface area (Å²) in [6.07, 6.45) is 1.36. The number of hydrogen-bond donors (Lipinski definition) is 3. The second-order valence-electron chi connectivity index (χ2n) is 3.15. The fraction of sp³-hybridized carbons (Fsp3) is 0.500. The van der Waals surface area contributed by atoms with Crippen molar-refractivity contribution in [2.75, 3.05) is 13.7 Å². The smallest absolute Gasteiger partial charge is 0.326 e. The maximum absolute atomic E-state index is 11.2. The Morgan fingerprint density at radius 1 is 1.47 bits per heavy atom. The van der Waals surface area contributed by atoms with E-state index in [0.29, 0.717) is 0 Å². The number of carbonyl (C=O) groups excluding carboxylic acids is 2. The normalized spacial score (nSPS) is 11.1. The van der Waals surface area contributed by atoms with Crippen molar-refractivity contribution in [3.8, 4) is 0 Å². The first-order valence-electron chi connectivity index (χ1n) is 4.96. The van der Waals surface area contributed by atoms with Gasteiger partial charge in [-0.25, -0.2) is 9.59 Å². The topological polar surface area (TPSA) is 105 Å². The van der Waals surface area contributed by atoms with Gasteiger partial charge in [0.1, 0.15) is 6.04 Å². The molecule has 0 aliphatic rings. The average Bonchev–Trinajstić information content (AvgIpc) is 2.30. The van der Waals surface area contributed by atoms with E-state index in [4.69, 9.17) is 5.11 Å². The molecular weight excluding hydrogens is 228 g/mol. The van der Waals surface area contributed by atoms with Crippen molar-refractivity contribution in [1.29, 1.82) is 0 Å². The van der Waals surface area contributed by atoms with E-state index >= 15 is 0 Å². The number of carboxylic acids is 1. The predicted octanol–water partition coefficient (Wildman–Crippen LogP) is -0.122. The first kappa shape index (κ1) is 14.9. The number of carbonyl (C=O) groups is 3. The fourth-order valence-corrected chi connectivity index (χ4v) is 0.996. The average molecular weight is 244 g/mol. The molecular formula is C10H16N2O5. The lowest BCUT2D eigenvalue weighted by Gasteiger charge is -2.13. The van der Waals surface area contributed by atoms with E-state index in [-0.39, 0.29) is 19.4 Å². The van der Waals surface area contributed by atoms with Gasteiger partial charge in [0.2, 0.25) is 0 Å². The molecule has 0 rings (SSSR count). The molecule has 0 radical (unpaired) electrons. The lowest BCUT2D eigenvalue weighted by molar-refractivity contribution is -0.142. The number of rotatable bonds is 7. The van der Waals surface area contributed by atoms with Crippen LogP contribution in [-0.2, 0) is 14.3 Å². The van der Waals surface area contributed by atoms with Crippen molar-refractivity contribution < 1.29 is 24.2 Å². The van der Waals surface area contributed by atoms with Gasteiger partial charge in [-0.2, -0.15) is 0 Å². The zero-order valence-corrected chi connectivity index (χ0v) is 9.56. The SMILES string of the molecule is C=CCNC(=O)N[C@@H](CCC(=O)OC)C(=O)O. The largest absolute Gasteiger partial charge is 0.480 e. The molecule has 0 aromatic heterocycles. The summed E-state index contributed by atoms with van der Waals surface area (Å²) in [5, 5.41) is 13.4. The van der Waals surface area contributed by atoms with Crippen LogP contribution in [-0.4, -0.2) is 42.8 Å². The molecule has 0 saturated heterocycles. The zero-order valence-electron chi connectivity index (χ0n) is 9.56. The monoisotopic (exact) mass is 244 g/mol. The number of nitrogens with one attached hydrogen (secondary N) is 2. The van der Waals surface area contributed by atoms with Crippen LogP contribution in [0.3, 0.4) is 0 Å². The van der Waals surface area contributed by atoms with E-state index in [1.54, 1.807) is 0 Å². The van der Waals surface area contributed by atoms with Crippen LogP contribution in [0.25, 0.3) is 0 Å². The Kier molecular flexibility index (Phi) is 7.16. The minimum absolute atomic E-state index is 0.0243. The van der Waals surface area contributed by atoms with Crippen LogP contribution >= 0.6 is 0 Å². The molecule has 17 heavy (non-hydrogen) atoms. The summed E-state index contributed by atoms with van der Waals surface area (Å²) >= 11 is 0.